The van der Waals surface area contributed by atoms with E-state index in [-0.39, 0.29) is 11.3 Å². The van der Waals surface area contributed by atoms with Crippen LogP contribution in [0.15, 0.2) is 48.0 Å². The largest absolute Gasteiger partial charge is 0.507 e. The Morgan fingerprint density at radius 1 is 1.00 bits per heavy atom. The molecule has 2 aliphatic heterocycles. The van der Waals surface area contributed by atoms with Gasteiger partial charge in [-0.2, -0.15) is 0 Å². The minimum absolute atomic E-state index is 0.0869. The average Bonchev–Trinajstić information content (AvgIpc) is 3.13. The highest BCUT2D eigenvalue weighted by Crippen LogP contribution is 2.41. The van der Waals surface area contributed by atoms with E-state index in [1.165, 1.54) is 0 Å². The van der Waals surface area contributed by atoms with Crippen LogP contribution >= 0.6 is 0 Å². The maximum absolute atomic E-state index is 13.3. The Hall–Kier alpha value is -3.52. The molecule has 0 saturated carbocycles. The van der Waals surface area contributed by atoms with Gasteiger partial charge in [0.25, 0.3) is 11.7 Å². The molecule has 2 aromatic carbocycles. The minimum Gasteiger partial charge on any atom is -0.507 e. The smallest absolute Gasteiger partial charge is 0.295 e. The lowest BCUT2D eigenvalue weighted by atomic mass is 9.95. The standard InChI is InChI=1S/C27H33N3O5/c1-5-29(6-2)13-14-30-24(18-7-10-20(11-8-18)28(3)4)23(26(32)27(30)33)25(31)19-9-12-21-22(17-19)35-16-15-34-21/h7-12,17,24,31H,5-6,13-16H2,1-4H3/b25-23+/t24-/m1/s1. The van der Waals surface area contributed by atoms with Gasteiger partial charge in [-0.05, 0) is 49.0 Å². The second kappa shape index (κ2) is 10.4. The highest BCUT2D eigenvalue weighted by molar-refractivity contribution is 6.46. The molecule has 35 heavy (non-hydrogen) atoms. The van der Waals surface area contributed by atoms with Gasteiger partial charge in [-0.3, -0.25) is 9.59 Å². The third-order valence-electron chi connectivity index (χ3n) is 6.63. The molecule has 0 spiro atoms. The van der Waals surface area contributed by atoms with Crippen LogP contribution in [0, 0.1) is 0 Å². The Bertz CT molecular complexity index is 1120. The van der Waals surface area contributed by atoms with Crippen molar-refractivity contribution in [2.45, 2.75) is 19.9 Å². The van der Waals surface area contributed by atoms with Gasteiger partial charge in [0.1, 0.15) is 19.0 Å². The Morgan fingerprint density at radius 2 is 1.66 bits per heavy atom. The molecule has 0 unspecified atom stereocenters. The first-order chi connectivity index (χ1) is 16.8. The number of ether oxygens (including phenoxy) is 2. The molecule has 1 saturated heterocycles. The molecule has 8 nitrogen and oxygen atoms in total. The van der Waals surface area contributed by atoms with Gasteiger partial charge >= 0.3 is 0 Å². The van der Waals surface area contributed by atoms with E-state index in [1.807, 2.05) is 43.3 Å². The number of likely N-dealkylation sites (N-methyl/N-ethyl adjacent to an activating group) is 1. The van der Waals surface area contributed by atoms with E-state index in [0.717, 1.165) is 24.3 Å². The molecule has 4 rings (SSSR count). The van der Waals surface area contributed by atoms with E-state index in [0.29, 0.717) is 43.4 Å². The fourth-order valence-electron chi connectivity index (χ4n) is 4.55. The van der Waals surface area contributed by atoms with Gasteiger partial charge in [0.2, 0.25) is 0 Å². The van der Waals surface area contributed by atoms with Crippen LogP contribution in [0.1, 0.15) is 31.0 Å². The van der Waals surface area contributed by atoms with Gasteiger partial charge in [0.15, 0.2) is 11.5 Å². The first-order valence-corrected chi connectivity index (χ1v) is 12.0. The fraction of sp³-hybridized carbons (Fsp3) is 0.407. The van der Waals surface area contributed by atoms with Crippen molar-refractivity contribution >= 4 is 23.1 Å². The number of carbonyl (C=O) groups is 2. The molecular weight excluding hydrogens is 446 g/mol. The molecule has 1 fully saturated rings. The third kappa shape index (κ3) is 4.84. The van der Waals surface area contributed by atoms with Gasteiger partial charge in [-0.1, -0.05) is 26.0 Å². The van der Waals surface area contributed by atoms with Crippen LogP contribution in [-0.4, -0.2) is 80.1 Å². The molecule has 186 valence electrons. The number of hydrogen-bond acceptors (Lipinski definition) is 7. The lowest BCUT2D eigenvalue weighted by molar-refractivity contribution is -0.140. The van der Waals surface area contributed by atoms with Crippen LogP contribution in [0.4, 0.5) is 5.69 Å². The number of likely N-dealkylation sites (tertiary alicyclic amines) is 1. The minimum atomic E-state index is -0.685. The SMILES string of the molecule is CCN(CC)CCN1C(=O)C(=O)/C(=C(/O)c2ccc3c(c2)OCCO3)[C@H]1c1ccc(N(C)C)cc1. The van der Waals surface area contributed by atoms with E-state index in [4.69, 9.17) is 9.47 Å². The van der Waals surface area contributed by atoms with Crippen molar-refractivity contribution in [3.05, 3.63) is 59.2 Å². The van der Waals surface area contributed by atoms with Gasteiger partial charge in [0.05, 0.1) is 11.6 Å². The van der Waals surface area contributed by atoms with Gasteiger partial charge in [-0.15, -0.1) is 0 Å². The Kier molecular flexibility index (Phi) is 7.31. The molecule has 2 aliphatic rings. The number of carbonyl (C=O) groups excluding carboxylic acids is 2. The molecule has 1 amide bonds. The number of fused-ring (bicyclic) bond motifs is 1. The number of anilines is 1. The van der Waals surface area contributed by atoms with Crippen molar-refractivity contribution in [1.29, 1.82) is 0 Å². The van der Waals surface area contributed by atoms with Crippen molar-refractivity contribution < 1.29 is 24.2 Å². The first kappa shape index (κ1) is 24.6. The number of benzene rings is 2. The molecule has 0 aromatic heterocycles. The van der Waals surface area contributed by atoms with Crippen molar-refractivity contribution in [2.24, 2.45) is 0 Å². The summed E-state index contributed by atoms with van der Waals surface area (Å²) >= 11 is 0. The van der Waals surface area contributed by atoms with Crippen molar-refractivity contribution in [1.82, 2.24) is 9.80 Å². The summed E-state index contributed by atoms with van der Waals surface area (Å²) in [7, 11) is 3.90. The molecule has 0 radical (unpaired) electrons. The zero-order valence-corrected chi connectivity index (χ0v) is 20.8. The molecule has 8 heteroatoms. The van der Waals surface area contributed by atoms with Crippen LogP contribution in [0.25, 0.3) is 5.76 Å². The zero-order chi connectivity index (χ0) is 25.1. The molecule has 0 aliphatic carbocycles. The van der Waals surface area contributed by atoms with Crippen LogP contribution in [0.5, 0.6) is 11.5 Å². The van der Waals surface area contributed by atoms with E-state index < -0.39 is 17.7 Å². The summed E-state index contributed by atoms with van der Waals surface area (Å²) in [5, 5.41) is 11.3. The first-order valence-electron chi connectivity index (χ1n) is 12.0. The lowest BCUT2D eigenvalue weighted by Gasteiger charge is -2.28. The Labute approximate surface area is 206 Å². The summed E-state index contributed by atoms with van der Waals surface area (Å²) < 4.78 is 11.2. The molecular formula is C27H33N3O5. The summed E-state index contributed by atoms with van der Waals surface area (Å²) in [6.07, 6.45) is 0. The number of hydrogen-bond donors (Lipinski definition) is 1. The van der Waals surface area contributed by atoms with Crippen molar-refractivity contribution in [3.63, 3.8) is 0 Å². The number of rotatable bonds is 8. The summed E-state index contributed by atoms with van der Waals surface area (Å²) in [6.45, 7) is 7.71. The molecule has 0 bridgehead atoms. The number of ketones is 1. The summed E-state index contributed by atoms with van der Waals surface area (Å²) in [6, 6.07) is 12.1. The summed E-state index contributed by atoms with van der Waals surface area (Å²) in [5.41, 5.74) is 2.27. The molecule has 2 heterocycles. The molecule has 1 N–H and O–H groups in total. The van der Waals surface area contributed by atoms with E-state index in [1.54, 1.807) is 23.1 Å². The van der Waals surface area contributed by atoms with Gasteiger partial charge in [0, 0.05) is 38.4 Å². The van der Waals surface area contributed by atoms with E-state index >= 15 is 0 Å². The third-order valence-corrected chi connectivity index (χ3v) is 6.63. The molecule has 1 atom stereocenters. The normalized spacial score (nSPS) is 18.9. The second-order valence-electron chi connectivity index (χ2n) is 8.86. The maximum atomic E-state index is 13.3. The highest BCUT2D eigenvalue weighted by Gasteiger charge is 2.46. The van der Waals surface area contributed by atoms with Crippen molar-refractivity contribution in [3.8, 4) is 11.5 Å². The monoisotopic (exact) mass is 479 g/mol. The van der Waals surface area contributed by atoms with Crippen LogP contribution in [0.2, 0.25) is 0 Å². The zero-order valence-electron chi connectivity index (χ0n) is 20.8. The quantitative estimate of drug-likeness (QED) is 0.353. The van der Waals surface area contributed by atoms with Crippen LogP contribution < -0.4 is 14.4 Å². The average molecular weight is 480 g/mol. The topological polar surface area (TPSA) is 82.6 Å². The van der Waals surface area contributed by atoms with Gasteiger partial charge < -0.3 is 29.3 Å². The van der Waals surface area contributed by atoms with E-state index in [2.05, 4.69) is 18.7 Å². The number of aliphatic hydroxyl groups is 1. The molecule has 2 aromatic rings. The summed E-state index contributed by atoms with van der Waals surface area (Å²) in [5.74, 6) is -0.407. The van der Waals surface area contributed by atoms with E-state index in [9.17, 15) is 14.7 Å². The number of amides is 1. The van der Waals surface area contributed by atoms with Crippen molar-refractivity contribution in [2.75, 3.05) is 58.4 Å². The lowest BCUT2D eigenvalue weighted by Crippen LogP contribution is -2.38. The number of aliphatic hydroxyl groups excluding tert-OH is 1. The number of nitrogens with zero attached hydrogens (tertiary/aromatic N) is 3. The highest BCUT2D eigenvalue weighted by atomic mass is 16.6. The predicted molar refractivity (Wildman–Crippen MR) is 135 cm³/mol. The second-order valence-corrected chi connectivity index (χ2v) is 8.86. The summed E-state index contributed by atoms with van der Waals surface area (Å²) in [4.78, 5) is 32.2. The Balaban J connectivity index is 1.78. The number of Topliss-reactive ketones (excluding diaryl/α,β-unsaturated/α-hetero) is 1. The maximum Gasteiger partial charge on any atom is 0.295 e. The fourth-order valence-corrected chi connectivity index (χ4v) is 4.55. The van der Waals surface area contributed by atoms with Gasteiger partial charge in [-0.25, -0.2) is 0 Å². The van der Waals surface area contributed by atoms with Crippen LogP contribution in [0.3, 0.4) is 0 Å². The predicted octanol–water partition coefficient (Wildman–Crippen LogP) is 3.29. The Morgan fingerprint density at radius 3 is 2.29 bits per heavy atom. The van der Waals surface area contributed by atoms with Crippen LogP contribution in [-0.2, 0) is 9.59 Å².